The van der Waals surface area contributed by atoms with Crippen LogP contribution < -0.4 is 4.31 Å². The van der Waals surface area contributed by atoms with E-state index in [1.165, 1.54) is 10.9 Å². The van der Waals surface area contributed by atoms with E-state index in [2.05, 4.69) is 29.6 Å². The van der Waals surface area contributed by atoms with Crippen molar-refractivity contribution in [2.45, 2.75) is 36.9 Å². The van der Waals surface area contributed by atoms with E-state index < -0.39 is 39.9 Å². The number of nitrogens with zero attached hydrogens (tertiary/aromatic N) is 3. The van der Waals surface area contributed by atoms with Gasteiger partial charge in [-0.25, -0.2) is 14.3 Å². The number of halogens is 4. The highest BCUT2D eigenvalue weighted by Gasteiger charge is 2.36. The number of sulfonamides is 1. The van der Waals surface area contributed by atoms with Gasteiger partial charge in [-0.05, 0) is 12.1 Å². The Labute approximate surface area is 171 Å². The molecule has 6 nitrogen and oxygen atoms in total. The largest absolute Gasteiger partial charge is 0.418 e. The lowest BCUT2D eigenvalue weighted by Crippen LogP contribution is -2.35. The maximum atomic E-state index is 13.1. The zero-order chi connectivity index (χ0) is 21.2. The van der Waals surface area contributed by atoms with Crippen molar-refractivity contribution < 1.29 is 26.3 Å². The van der Waals surface area contributed by atoms with Crippen LogP contribution >= 0.6 is 22.9 Å². The van der Waals surface area contributed by atoms with Gasteiger partial charge in [0, 0.05) is 26.3 Å². The maximum Gasteiger partial charge on any atom is 0.418 e. The first kappa shape index (κ1) is 23.1. The number of rotatable bonds is 8. The van der Waals surface area contributed by atoms with Crippen molar-refractivity contribution in [1.29, 1.82) is 0 Å². The zero-order valence-corrected chi connectivity index (χ0v) is 18.7. The minimum atomic E-state index is -4.82. The van der Waals surface area contributed by atoms with Crippen molar-refractivity contribution in [2.75, 3.05) is 17.6 Å². The van der Waals surface area contributed by atoms with Crippen LogP contribution in [0.15, 0.2) is 28.2 Å². The summed E-state index contributed by atoms with van der Waals surface area (Å²) in [7, 11) is -5.84. The number of aromatic nitrogens is 2. The second-order valence-electron chi connectivity index (χ2n) is 7.05. The highest BCUT2D eigenvalue weighted by molar-refractivity contribution is 7.92. The van der Waals surface area contributed by atoms with E-state index in [1.807, 2.05) is 0 Å². The van der Waals surface area contributed by atoms with E-state index in [9.17, 15) is 21.6 Å². The molecule has 2 heterocycles. The highest BCUT2D eigenvalue weighted by atomic mass is 35.5. The number of ether oxygens (including phenoxy) is 1. The van der Waals surface area contributed by atoms with Gasteiger partial charge in [-0.2, -0.15) is 21.6 Å². The summed E-state index contributed by atoms with van der Waals surface area (Å²) in [5.41, 5.74) is 0.136. The molecule has 0 N–H and O–H groups in total. The van der Waals surface area contributed by atoms with Gasteiger partial charge in [0.25, 0.3) is 10.0 Å². The van der Waals surface area contributed by atoms with Crippen LogP contribution in [-0.2, 0) is 20.9 Å². The van der Waals surface area contributed by atoms with Crippen LogP contribution in [-0.4, -0.2) is 39.8 Å². The molecular formula is C15H19ClF3N3O3S2Si. The van der Waals surface area contributed by atoms with E-state index >= 15 is 0 Å². The Morgan fingerprint density at radius 1 is 1.29 bits per heavy atom. The first-order valence-corrected chi connectivity index (χ1v) is 14.5. The van der Waals surface area contributed by atoms with Gasteiger partial charge in [0.1, 0.15) is 6.73 Å². The highest BCUT2D eigenvalue weighted by Crippen LogP contribution is 2.36. The third-order valence-electron chi connectivity index (χ3n) is 3.57. The average Bonchev–Trinajstić information content (AvgIpc) is 3.06. The van der Waals surface area contributed by atoms with Crippen molar-refractivity contribution in [3.8, 4) is 0 Å². The SMILES string of the molecule is C[Si](C)(C)CCOCN(c1cscn1)S(=O)(=O)c1cc(C(F)(F)F)c(Cl)cn1. The molecule has 2 rings (SSSR count). The molecule has 0 saturated carbocycles. The van der Waals surface area contributed by atoms with Crippen LogP contribution in [0.3, 0.4) is 0 Å². The fraction of sp³-hybridized carbons (Fsp3) is 0.467. The Kier molecular flexibility index (Phi) is 7.13. The fourth-order valence-corrected chi connectivity index (χ4v) is 4.82. The van der Waals surface area contributed by atoms with Gasteiger partial charge in [-0.1, -0.05) is 31.2 Å². The van der Waals surface area contributed by atoms with Crippen molar-refractivity contribution >= 4 is 46.9 Å². The molecule has 0 aliphatic carbocycles. The van der Waals surface area contributed by atoms with Crippen molar-refractivity contribution in [3.05, 3.63) is 33.7 Å². The number of anilines is 1. The quantitative estimate of drug-likeness (QED) is 0.315. The number of alkyl halides is 3. The maximum absolute atomic E-state index is 13.1. The van der Waals surface area contributed by atoms with Crippen LogP contribution in [0.25, 0.3) is 0 Å². The van der Waals surface area contributed by atoms with E-state index in [0.29, 0.717) is 18.9 Å². The Morgan fingerprint density at radius 2 is 1.96 bits per heavy atom. The molecule has 0 aliphatic rings. The zero-order valence-electron chi connectivity index (χ0n) is 15.3. The molecule has 2 aromatic rings. The molecule has 0 fully saturated rings. The lowest BCUT2D eigenvalue weighted by molar-refractivity contribution is -0.137. The Bertz CT molecular complexity index is 903. The van der Waals surface area contributed by atoms with E-state index in [4.69, 9.17) is 16.3 Å². The third-order valence-corrected chi connectivity index (χ3v) is 7.77. The molecule has 0 aromatic carbocycles. The standard InChI is InChI=1S/C15H19ClF3N3O3S2Si/c1-28(2,3)5-4-25-10-22(13-8-26-9-21-13)27(23,24)14-6-11(15(17,18)19)12(16)7-20-14/h6-9H,4-5,10H2,1-3H3. The number of pyridine rings is 1. The molecule has 0 saturated heterocycles. The van der Waals surface area contributed by atoms with Crippen LogP contribution in [0.1, 0.15) is 5.56 Å². The van der Waals surface area contributed by atoms with Crippen LogP contribution in [0.4, 0.5) is 19.0 Å². The summed E-state index contributed by atoms with van der Waals surface area (Å²) < 4.78 is 71.5. The van der Waals surface area contributed by atoms with Gasteiger partial charge in [0.2, 0.25) is 0 Å². The predicted molar refractivity (Wildman–Crippen MR) is 105 cm³/mol. The van der Waals surface area contributed by atoms with Gasteiger partial charge in [0.15, 0.2) is 10.8 Å². The second kappa shape index (κ2) is 8.65. The number of hydrogen-bond donors (Lipinski definition) is 0. The summed E-state index contributed by atoms with van der Waals surface area (Å²) in [4.78, 5) is 7.53. The average molecular weight is 474 g/mol. The Morgan fingerprint density at radius 3 is 2.50 bits per heavy atom. The van der Waals surface area contributed by atoms with Crippen molar-refractivity contribution in [3.63, 3.8) is 0 Å². The summed E-state index contributed by atoms with van der Waals surface area (Å²) in [6.07, 6.45) is -4.15. The second-order valence-corrected chi connectivity index (χ2v) is 15.6. The summed E-state index contributed by atoms with van der Waals surface area (Å²) in [6.45, 7) is 6.36. The van der Waals surface area contributed by atoms with Gasteiger partial charge in [0.05, 0.1) is 16.1 Å². The van der Waals surface area contributed by atoms with E-state index in [0.717, 1.165) is 21.7 Å². The fourth-order valence-electron chi connectivity index (χ4n) is 2.00. The van der Waals surface area contributed by atoms with Gasteiger partial charge >= 0.3 is 6.18 Å². The molecule has 0 amide bonds. The van der Waals surface area contributed by atoms with Gasteiger partial charge in [-0.15, -0.1) is 11.3 Å². The molecular weight excluding hydrogens is 455 g/mol. The van der Waals surface area contributed by atoms with Crippen LogP contribution in [0, 0.1) is 0 Å². The monoisotopic (exact) mass is 473 g/mol. The lowest BCUT2D eigenvalue weighted by Gasteiger charge is -2.23. The summed E-state index contributed by atoms with van der Waals surface area (Å²) in [5.74, 6) is 0.0447. The first-order valence-electron chi connectivity index (χ1n) is 8.04. The normalized spacial score (nSPS) is 13.0. The minimum Gasteiger partial charge on any atom is -0.360 e. The molecule has 13 heteroatoms. The van der Waals surface area contributed by atoms with Gasteiger partial charge in [-0.3, -0.25) is 0 Å². The predicted octanol–water partition coefficient (Wildman–Crippen LogP) is 4.72. The number of thiazole rings is 1. The van der Waals surface area contributed by atoms with Crippen LogP contribution in [0.2, 0.25) is 30.7 Å². The minimum absolute atomic E-state index is 0.0447. The molecule has 0 spiro atoms. The summed E-state index contributed by atoms with van der Waals surface area (Å²) in [5, 5.41) is -0.0101. The molecule has 0 unspecified atom stereocenters. The smallest absolute Gasteiger partial charge is 0.360 e. The molecule has 0 radical (unpaired) electrons. The third kappa shape index (κ3) is 5.89. The Hall–Kier alpha value is -1.21. The molecule has 0 bridgehead atoms. The summed E-state index contributed by atoms with van der Waals surface area (Å²) in [6, 6.07) is 1.22. The van der Waals surface area contributed by atoms with Crippen molar-refractivity contribution in [2.24, 2.45) is 0 Å². The molecule has 0 aliphatic heterocycles. The topological polar surface area (TPSA) is 72.4 Å². The lowest BCUT2D eigenvalue weighted by atomic mass is 10.2. The molecule has 0 atom stereocenters. The summed E-state index contributed by atoms with van der Waals surface area (Å²) >= 11 is 6.68. The van der Waals surface area contributed by atoms with E-state index in [1.54, 1.807) is 0 Å². The molecule has 156 valence electrons. The van der Waals surface area contributed by atoms with Crippen LogP contribution in [0.5, 0.6) is 0 Å². The Balaban J connectivity index is 2.34. The first-order chi connectivity index (χ1) is 12.8. The van der Waals surface area contributed by atoms with E-state index in [-0.39, 0.29) is 12.5 Å². The molecule has 28 heavy (non-hydrogen) atoms. The number of hydrogen-bond acceptors (Lipinski definition) is 6. The molecule has 2 aromatic heterocycles. The van der Waals surface area contributed by atoms with Gasteiger partial charge < -0.3 is 4.74 Å². The van der Waals surface area contributed by atoms with Crippen molar-refractivity contribution in [1.82, 2.24) is 9.97 Å².